The van der Waals surface area contributed by atoms with Gasteiger partial charge >= 0.3 is 12.1 Å². The number of aromatic nitrogens is 1. The molecule has 1 heterocycles. The van der Waals surface area contributed by atoms with Crippen molar-refractivity contribution >= 4 is 23.2 Å². The Morgan fingerprint density at radius 1 is 1.38 bits per heavy atom. The average Bonchev–Trinajstić information content (AvgIpc) is 2.75. The molecule has 0 saturated carbocycles. The molecule has 0 aliphatic rings. The lowest BCUT2D eigenvalue weighted by atomic mass is 9.88. The van der Waals surface area contributed by atoms with E-state index in [-0.39, 0.29) is 18.7 Å². The van der Waals surface area contributed by atoms with Crippen LogP contribution in [-0.4, -0.2) is 34.7 Å². The number of thiazole rings is 1. The number of nitrogens with zero attached hydrogens (tertiary/aromatic N) is 1. The first-order chi connectivity index (χ1) is 9.53. The van der Waals surface area contributed by atoms with Crippen LogP contribution in [-0.2, 0) is 11.2 Å². The number of amides is 1. The van der Waals surface area contributed by atoms with Crippen molar-refractivity contribution in [1.82, 2.24) is 10.3 Å². The van der Waals surface area contributed by atoms with Gasteiger partial charge in [-0.05, 0) is 0 Å². The van der Waals surface area contributed by atoms with Gasteiger partial charge in [-0.1, -0.05) is 13.8 Å². The molecule has 0 bridgehead atoms. The van der Waals surface area contributed by atoms with E-state index in [1.165, 1.54) is 5.38 Å². The van der Waals surface area contributed by atoms with Gasteiger partial charge in [-0.2, -0.15) is 13.2 Å². The Morgan fingerprint density at radius 2 is 2.00 bits per heavy atom. The molecular weight excluding hydrogens is 309 g/mol. The predicted octanol–water partition coefficient (Wildman–Crippen LogP) is 2.48. The van der Waals surface area contributed by atoms with Crippen molar-refractivity contribution in [2.24, 2.45) is 5.41 Å². The van der Waals surface area contributed by atoms with Gasteiger partial charge in [0.2, 0.25) is 5.91 Å². The van der Waals surface area contributed by atoms with E-state index < -0.39 is 29.9 Å². The van der Waals surface area contributed by atoms with Crippen LogP contribution in [0.4, 0.5) is 13.2 Å². The molecule has 21 heavy (non-hydrogen) atoms. The maximum atomic E-state index is 12.6. The quantitative estimate of drug-likeness (QED) is 0.842. The molecule has 0 saturated heterocycles. The van der Waals surface area contributed by atoms with Crippen molar-refractivity contribution in [2.75, 3.05) is 6.54 Å². The molecule has 118 valence electrons. The summed E-state index contributed by atoms with van der Waals surface area (Å²) in [5, 5.41) is 12.9. The first-order valence-electron chi connectivity index (χ1n) is 6.04. The summed E-state index contributed by atoms with van der Waals surface area (Å²) in [6, 6.07) is 0. The van der Waals surface area contributed by atoms with Crippen molar-refractivity contribution < 1.29 is 27.9 Å². The Morgan fingerprint density at radius 3 is 2.48 bits per heavy atom. The second-order valence-electron chi connectivity index (χ2n) is 5.09. The van der Waals surface area contributed by atoms with Crippen LogP contribution in [0.3, 0.4) is 0 Å². The number of carbonyl (C=O) groups is 2. The zero-order valence-electron chi connectivity index (χ0n) is 11.5. The second kappa shape index (κ2) is 6.42. The molecule has 0 fully saturated rings. The highest BCUT2D eigenvalue weighted by molar-refractivity contribution is 7.09. The lowest BCUT2D eigenvalue weighted by Gasteiger charge is -2.26. The highest BCUT2D eigenvalue weighted by Crippen LogP contribution is 2.40. The van der Waals surface area contributed by atoms with Crippen LogP contribution in [0.2, 0.25) is 0 Å². The number of hydrogen-bond donors (Lipinski definition) is 2. The number of alkyl halides is 3. The SMILES string of the molecule is CC(C)(CC(=O)NCCc1nc(C(=O)O)cs1)C(F)(F)F. The third-order valence-electron chi connectivity index (χ3n) is 2.80. The highest BCUT2D eigenvalue weighted by atomic mass is 32.1. The minimum Gasteiger partial charge on any atom is -0.476 e. The molecule has 5 nitrogen and oxygen atoms in total. The Labute approximate surface area is 123 Å². The normalized spacial score (nSPS) is 12.2. The summed E-state index contributed by atoms with van der Waals surface area (Å²) < 4.78 is 37.8. The van der Waals surface area contributed by atoms with Crippen LogP contribution in [0.15, 0.2) is 5.38 Å². The van der Waals surface area contributed by atoms with Gasteiger partial charge in [-0.25, -0.2) is 9.78 Å². The third kappa shape index (κ3) is 5.00. The smallest absolute Gasteiger partial charge is 0.394 e. The minimum atomic E-state index is -4.45. The van der Waals surface area contributed by atoms with Crippen molar-refractivity contribution in [1.29, 1.82) is 0 Å². The molecule has 0 aromatic carbocycles. The zero-order chi connectivity index (χ0) is 16.3. The Bertz CT molecular complexity index is 526. The largest absolute Gasteiger partial charge is 0.476 e. The van der Waals surface area contributed by atoms with Crippen LogP contribution >= 0.6 is 11.3 Å². The Balaban J connectivity index is 2.42. The van der Waals surface area contributed by atoms with E-state index in [2.05, 4.69) is 10.3 Å². The van der Waals surface area contributed by atoms with E-state index in [9.17, 15) is 22.8 Å². The monoisotopic (exact) mass is 324 g/mol. The van der Waals surface area contributed by atoms with Gasteiger partial charge < -0.3 is 10.4 Å². The fourth-order valence-corrected chi connectivity index (χ4v) is 2.17. The third-order valence-corrected chi connectivity index (χ3v) is 3.71. The molecule has 0 aliphatic heterocycles. The van der Waals surface area contributed by atoms with Gasteiger partial charge in [0.1, 0.15) is 0 Å². The van der Waals surface area contributed by atoms with Crippen LogP contribution in [0.5, 0.6) is 0 Å². The molecule has 0 atom stereocenters. The fourth-order valence-electron chi connectivity index (χ4n) is 1.40. The molecular formula is C12H15F3N2O3S. The van der Waals surface area contributed by atoms with Gasteiger partial charge in [-0.3, -0.25) is 4.79 Å². The van der Waals surface area contributed by atoms with Crippen LogP contribution < -0.4 is 5.32 Å². The van der Waals surface area contributed by atoms with Crippen LogP contribution in [0.25, 0.3) is 0 Å². The van der Waals surface area contributed by atoms with E-state index in [1.54, 1.807) is 0 Å². The number of rotatable bonds is 6. The maximum Gasteiger partial charge on any atom is 0.394 e. The molecule has 9 heteroatoms. The molecule has 1 amide bonds. The average molecular weight is 324 g/mol. The standard InChI is InChI=1S/C12H15F3N2O3S/c1-11(2,12(13,14)15)5-8(18)16-4-3-9-17-7(6-21-9)10(19)20/h6H,3-5H2,1-2H3,(H,16,18)(H,19,20). The lowest BCUT2D eigenvalue weighted by molar-refractivity contribution is -0.213. The minimum absolute atomic E-state index is 0.0838. The molecule has 0 spiro atoms. The highest BCUT2D eigenvalue weighted by Gasteiger charge is 2.48. The number of aromatic carboxylic acids is 1. The number of nitrogens with one attached hydrogen (secondary N) is 1. The lowest BCUT2D eigenvalue weighted by Crippen LogP contribution is -2.38. The zero-order valence-corrected chi connectivity index (χ0v) is 12.3. The topological polar surface area (TPSA) is 79.3 Å². The van der Waals surface area contributed by atoms with Crippen LogP contribution in [0.1, 0.15) is 35.8 Å². The van der Waals surface area contributed by atoms with Crippen molar-refractivity contribution in [3.63, 3.8) is 0 Å². The molecule has 0 radical (unpaired) electrons. The number of carboxylic acid groups (broad SMARTS) is 1. The summed E-state index contributed by atoms with van der Waals surface area (Å²) in [5.41, 5.74) is -2.17. The first kappa shape index (κ1) is 17.4. The molecule has 1 rings (SSSR count). The van der Waals surface area contributed by atoms with Gasteiger partial charge in [0.15, 0.2) is 5.69 Å². The van der Waals surface area contributed by atoms with E-state index in [4.69, 9.17) is 5.11 Å². The molecule has 1 aromatic rings. The summed E-state index contributed by atoms with van der Waals surface area (Å²) in [6.45, 7) is 2.04. The fraction of sp³-hybridized carbons (Fsp3) is 0.583. The number of carboxylic acids is 1. The van der Waals surface area contributed by atoms with Crippen molar-refractivity contribution in [3.8, 4) is 0 Å². The van der Waals surface area contributed by atoms with Gasteiger partial charge in [0, 0.05) is 24.8 Å². The summed E-state index contributed by atoms with van der Waals surface area (Å²) in [5.74, 6) is -1.85. The predicted molar refractivity (Wildman–Crippen MR) is 70.2 cm³/mol. The summed E-state index contributed by atoms with van der Waals surface area (Å²) in [4.78, 5) is 25.9. The second-order valence-corrected chi connectivity index (χ2v) is 6.03. The number of hydrogen-bond acceptors (Lipinski definition) is 4. The number of halogens is 3. The summed E-state index contributed by atoms with van der Waals surface area (Å²) >= 11 is 1.12. The van der Waals surface area contributed by atoms with E-state index in [0.717, 1.165) is 25.2 Å². The molecule has 0 aliphatic carbocycles. The van der Waals surface area contributed by atoms with Crippen molar-refractivity contribution in [2.45, 2.75) is 32.9 Å². The van der Waals surface area contributed by atoms with E-state index >= 15 is 0 Å². The summed E-state index contributed by atoms with van der Waals surface area (Å²) in [6.07, 6.45) is -4.83. The molecule has 0 unspecified atom stereocenters. The van der Waals surface area contributed by atoms with E-state index in [1.807, 2.05) is 0 Å². The number of carbonyl (C=O) groups excluding carboxylic acids is 1. The summed E-state index contributed by atoms with van der Waals surface area (Å²) in [7, 11) is 0. The Hall–Kier alpha value is -1.64. The maximum absolute atomic E-state index is 12.6. The molecule has 1 aromatic heterocycles. The van der Waals surface area contributed by atoms with E-state index in [0.29, 0.717) is 5.01 Å². The van der Waals surface area contributed by atoms with Gasteiger partial charge in [0.25, 0.3) is 0 Å². The van der Waals surface area contributed by atoms with Crippen molar-refractivity contribution in [3.05, 3.63) is 16.1 Å². The Kier molecular flexibility index (Phi) is 5.32. The van der Waals surface area contributed by atoms with Crippen LogP contribution in [0, 0.1) is 5.41 Å². The van der Waals surface area contributed by atoms with Gasteiger partial charge in [0.05, 0.1) is 10.4 Å². The molecule has 2 N–H and O–H groups in total. The van der Waals surface area contributed by atoms with Gasteiger partial charge in [-0.15, -0.1) is 11.3 Å². The first-order valence-corrected chi connectivity index (χ1v) is 6.92.